The fourth-order valence-electron chi connectivity index (χ4n) is 2.24. The number of fused-ring (bicyclic) bond motifs is 5. The molecule has 0 bridgehead atoms. The Morgan fingerprint density at radius 3 is 2.71 bits per heavy atom. The monoisotopic (exact) mass is 220 g/mol. The lowest BCUT2D eigenvalue weighted by atomic mass is 10.1. The highest BCUT2D eigenvalue weighted by Crippen LogP contribution is 2.32. The van der Waals surface area contributed by atoms with Crippen LogP contribution in [0.1, 0.15) is 0 Å². The highest BCUT2D eigenvalue weighted by Gasteiger charge is 2.10. The van der Waals surface area contributed by atoms with Crippen LogP contribution in [0.15, 0.2) is 53.2 Å². The zero-order chi connectivity index (χ0) is 11.2. The molecular weight excluding hydrogens is 212 g/mol. The SMILES string of the molecule is c1ccc2c(c1)oc1ccc3nccnc3c12. The third-order valence-electron chi connectivity index (χ3n) is 2.98. The van der Waals surface area contributed by atoms with Gasteiger partial charge in [-0.2, -0.15) is 0 Å². The van der Waals surface area contributed by atoms with Crippen molar-refractivity contribution in [3.8, 4) is 0 Å². The van der Waals surface area contributed by atoms with E-state index in [1.807, 2.05) is 30.3 Å². The summed E-state index contributed by atoms with van der Waals surface area (Å²) in [6.07, 6.45) is 3.42. The maximum atomic E-state index is 5.79. The smallest absolute Gasteiger partial charge is 0.137 e. The zero-order valence-corrected chi connectivity index (χ0v) is 8.92. The Kier molecular flexibility index (Phi) is 1.56. The first-order chi connectivity index (χ1) is 8.43. The summed E-state index contributed by atoms with van der Waals surface area (Å²) in [7, 11) is 0. The number of benzene rings is 2. The molecule has 17 heavy (non-hydrogen) atoms. The second-order valence-electron chi connectivity index (χ2n) is 3.96. The summed E-state index contributed by atoms with van der Waals surface area (Å²) in [6.45, 7) is 0. The lowest BCUT2D eigenvalue weighted by Gasteiger charge is -1.96. The molecule has 3 nitrogen and oxygen atoms in total. The van der Waals surface area contributed by atoms with Crippen LogP contribution in [0.2, 0.25) is 0 Å². The highest BCUT2D eigenvalue weighted by atomic mass is 16.3. The van der Waals surface area contributed by atoms with Gasteiger partial charge in [0.25, 0.3) is 0 Å². The van der Waals surface area contributed by atoms with Gasteiger partial charge in [0.1, 0.15) is 16.7 Å². The average molecular weight is 220 g/mol. The number of hydrogen-bond donors (Lipinski definition) is 0. The lowest BCUT2D eigenvalue weighted by molar-refractivity contribution is 0.669. The van der Waals surface area contributed by atoms with Gasteiger partial charge in [0, 0.05) is 17.8 Å². The molecule has 0 unspecified atom stereocenters. The van der Waals surface area contributed by atoms with E-state index in [-0.39, 0.29) is 0 Å². The average Bonchev–Trinajstić information content (AvgIpc) is 2.77. The van der Waals surface area contributed by atoms with Gasteiger partial charge in [-0.25, -0.2) is 0 Å². The van der Waals surface area contributed by atoms with Gasteiger partial charge in [0.2, 0.25) is 0 Å². The Morgan fingerprint density at radius 2 is 1.71 bits per heavy atom. The summed E-state index contributed by atoms with van der Waals surface area (Å²) in [6, 6.07) is 11.9. The van der Waals surface area contributed by atoms with Crippen molar-refractivity contribution in [2.75, 3.05) is 0 Å². The molecule has 4 aromatic rings. The molecule has 4 rings (SSSR count). The molecule has 0 amide bonds. The van der Waals surface area contributed by atoms with Crippen molar-refractivity contribution in [2.24, 2.45) is 0 Å². The van der Waals surface area contributed by atoms with Crippen molar-refractivity contribution in [1.29, 1.82) is 0 Å². The van der Waals surface area contributed by atoms with E-state index in [1.165, 1.54) is 0 Å². The van der Waals surface area contributed by atoms with Gasteiger partial charge < -0.3 is 4.42 Å². The molecule has 0 N–H and O–H groups in total. The Hall–Kier alpha value is -2.42. The van der Waals surface area contributed by atoms with Crippen molar-refractivity contribution in [1.82, 2.24) is 9.97 Å². The molecule has 2 aromatic carbocycles. The molecule has 80 valence electrons. The van der Waals surface area contributed by atoms with Crippen LogP contribution in [0.3, 0.4) is 0 Å². The third-order valence-corrected chi connectivity index (χ3v) is 2.98. The maximum Gasteiger partial charge on any atom is 0.137 e. The van der Waals surface area contributed by atoms with Crippen LogP contribution in [0.4, 0.5) is 0 Å². The maximum absolute atomic E-state index is 5.79. The topological polar surface area (TPSA) is 38.9 Å². The summed E-state index contributed by atoms with van der Waals surface area (Å²) >= 11 is 0. The van der Waals surface area contributed by atoms with E-state index in [9.17, 15) is 0 Å². The van der Waals surface area contributed by atoms with Crippen LogP contribution >= 0.6 is 0 Å². The van der Waals surface area contributed by atoms with Gasteiger partial charge >= 0.3 is 0 Å². The largest absolute Gasteiger partial charge is 0.456 e. The summed E-state index contributed by atoms with van der Waals surface area (Å²) < 4.78 is 5.79. The molecule has 0 fully saturated rings. The van der Waals surface area contributed by atoms with Crippen molar-refractivity contribution in [2.45, 2.75) is 0 Å². The first kappa shape index (κ1) is 8.70. The van der Waals surface area contributed by atoms with Crippen molar-refractivity contribution >= 4 is 33.0 Å². The minimum absolute atomic E-state index is 0.860. The van der Waals surface area contributed by atoms with E-state index in [0.29, 0.717) is 0 Å². The molecule has 3 heteroatoms. The number of nitrogens with zero attached hydrogens (tertiary/aromatic N) is 2. The fourth-order valence-corrected chi connectivity index (χ4v) is 2.24. The third kappa shape index (κ3) is 1.11. The molecule has 0 aliphatic rings. The molecule has 0 saturated carbocycles. The Balaban J connectivity index is 2.38. The first-order valence-corrected chi connectivity index (χ1v) is 5.44. The van der Waals surface area contributed by atoms with E-state index in [1.54, 1.807) is 12.4 Å². The predicted molar refractivity (Wildman–Crippen MR) is 66.8 cm³/mol. The van der Waals surface area contributed by atoms with E-state index >= 15 is 0 Å². The summed E-state index contributed by atoms with van der Waals surface area (Å²) in [5, 5.41) is 2.14. The minimum atomic E-state index is 0.860. The Bertz CT molecular complexity index is 842. The number of furan rings is 1. The highest BCUT2D eigenvalue weighted by molar-refractivity contribution is 6.16. The van der Waals surface area contributed by atoms with Gasteiger partial charge in [-0.3, -0.25) is 9.97 Å². The Labute approximate surface area is 96.7 Å². The van der Waals surface area contributed by atoms with Crippen molar-refractivity contribution in [3.63, 3.8) is 0 Å². The van der Waals surface area contributed by atoms with E-state index in [0.717, 1.165) is 33.0 Å². The number of rotatable bonds is 0. The molecule has 2 heterocycles. The number of hydrogen-bond acceptors (Lipinski definition) is 3. The molecule has 2 aromatic heterocycles. The molecule has 0 aliphatic carbocycles. The van der Waals surface area contributed by atoms with E-state index < -0.39 is 0 Å². The van der Waals surface area contributed by atoms with Crippen LogP contribution < -0.4 is 0 Å². The fraction of sp³-hybridized carbons (Fsp3) is 0. The molecule has 0 radical (unpaired) electrons. The summed E-state index contributed by atoms with van der Waals surface area (Å²) in [4.78, 5) is 8.72. The molecule has 0 atom stereocenters. The predicted octanol–water partition coefficient (Wildman–Crippen LogP) is 3.53. The molecule has 0 aliphatic heterocycles. The van der Waals surface area contributed by atoms with Gasteiger partial charge in [0.15, 0.2) is 0 Å². The van der Waals surface area contributed by atoms with Crippen LogP contribution in [0, 0.1) is 0 Å². The van der Waals surface area contributed by atoms with Crippen LogP contribution in [0.25, 0.3) is 33.0 Å². The van der Waals surface area contributed by atoms with Gasteiger partial charge in [-0.1, -0.05) is 18.2 Å². The second-order valence-corrected chi connectivity index (χ2v) is 3.96. The Morgan fingerprint density at radius 1 is 0.824 bits per heavy atom. The first-order valence-electron chi connectivity index (χ1n) is 5.44. The van der Waals surface area contributed by atoms with Crippen molar-refractivity contribution in [3.05, 3.63) is 48.8 Å². The standard InChI is InChI=1S/C14H8N2O/c1-2-4-11-9(3-1)13-12(17-11)6-5-10-14(13)16-8-7-15-10/h1-8H. The normalized spacial score (nSPS) is 11.5. The molecule has 0 spiro atoms. The van der Waals surface area contributed by atoms with E-state index in [4.69, 9.17) is 4.42 Å². The van der Waals surface area contributed by atoms with Crippen LogP contribution in [-0.4, -0.2) is 9.97 Å². The second kappa shape index (κ2) is 3.04. The summed E-state index contributed by atoms with van der Waals surface area (Å²) in [5.41, 5.74) is 3.54. The van der Waals surface area contributed by atoms with Crippen LogP contribution in [-0.2, 0) is 0 Å². The molecule has 0 saturated heterocycles. The van der Waals surface area contributed by atoms with Gasteiger partial charge in [-0.05, 0) is 18.2 Å². The zero-order valence-electron chi connectivity index (χ0n) is 8.92. The van der Waals surface area contributed by atoms with Crippen LogP contribution in [0.5, 0.6) is 0 Å². The number of para-hydroxylation sites is 1. The number of aromatic nitrogens is 2. The lowest BCUT2D eigenvalue weighted by Crippen LogP contribution is -1.82. The van der Waals surface area contributed by atoms with E-state index in [2.05, 4.69) is 16.0 Å². The van der Waals surface area contributed by atoms with Crippen molar-refractivity contribution < 1.29 is 4.42 Å². The van der Waals surface area contributed by atoms with Gasteiger partial charge in [0.05, 0.1) is 10.9 Å². The minimum Gasteiger partial charge on any atom is -0.456 e. The summed E-state index contributed by atoms with van der Waals surface area (Å²) in [5.74, 6) is 0. The molecular formula is C14H8N2O. The quantitative estimate of drug-likeness (QED) is 0.455. The van der Waals surface area contributed by atoms with Gasteiger partial charge in [-0.15, -0.1) is 0 Å².